The molecule has 0 unspecified atom stereocenters. The summed E-state index contributed by atoms with van der Waals surface area (Å²) in [7, 11) is 3.74. The van der Waals surface area contributed by atoms with E-state index >= 15 is 0 Å². The highest BCUT2D eigenvalue weighted by molar-refractivity contribution is 5.53. The summed E-state index contributed by atoms with van der Waals surface area (Å²) in [4.78, 5) is 5.78. The first-order chi connectivity index (χ1) is 13.8. The molecule has 0 bridgehead atoms. The van der Waals surface area contributed by atoms with Gasteiger partial charge in [-0.1, -0.05) is 12.1 Å². The molecule has 0 spiro atoms. The lowest BCUT2D eigenvalue weighted by Gasteiger charge is -2.16. The Morgan fingerprint density at radius 2 is 1.66 bits per heavy atom. The van der Waals surface area contributed by atoms with Gasteiger partial charge in [-0.3, -0.25) is 0 Å². The van der Waals surface area contributed by atoms with Gasteiger partial charge in [0.05, 0.1) is 11.6 Å². The standard InChI is InChI=1S/C22H19F2N3O2/c1-13-8-9-16(27(3)4)11-18(13)29-22-20(24)14(2)19(23)21(26-22)28-17-7-5-6-15(10-17)12-25/h5-11H,1-4H3. The zero-order chi connectivity index (χ0) is 21.1. The molecule has 0 aliphatic carbocycles. The number of pyridine rings is 1. The quantitative estimate of drug-likeness (QED) is 0.571. The molecule has 0 N–H and O–H groups in total. The summed E-state index contributed by atoms with van der Waals surface area (Å²) in [5, 5.41) is 8.99. The Labute approximate surface area is 167 Å². The van der Waals surface area contributed by atoms with Crippen LogP contribution < -0.4 is 14.4 Å². The molecule has 29 heavy (non-hydrogen) atoms. The Bertz CT molecular complexity index is 1110. The molecule has 7 heteroatoms. The van der Waals surface area contributed by atoms with Gasteiger partial charge in [0.1, 0.15) is 11.5 Å². The van der Waals surface area contributed by atoms with E-state index in [1.165, 1.54) is 13.0 Å². The van der Waals surface area contributed by atoms with Crippen LogP contribution in [0.2, 0.25) is 0 Å². The maximum Gasteiger partial charge on any atom is 0.259 e. The Balaban J connectivity index is 2.00. The van der Waals surface area contributed by atoms with E-state index in [1.807, 2.05) is 44.1 Å². The number of aryl methyl sites for hydroxylation is 1. The van der Waals surface area contributed by atoms with E-state index in [4.69, 9.17) is 14.7 Å². The molecule has 5 nitrogen and oxygen atoms in total. The molecule has 3 rings (SSSR count). The lowest BCUT2D eigenvalue weighted by Crippen LogP contribution is -2.09. The van der Waals surface area contributed by atoms with E-state index in [9.17, 15) is 8.78 Å². The number of benzene rings is 2. The van der Waals surface area contributed by atoms with Crippen LogP contribution in [0.3, 0.4) is 0 Å². The first kappa shape index (κ1) is 20.1. The molecular formula is C22H19F2N3O2. The van der Waals surface area contributed by atoms with Crippen LogP contribution in [0.1, 0.15) is 16.7 Å². The molecule has 0 saturated carbocycles. The third kappa shape index (κ3) is 4.27. The van der Waals surface area contributed by atoms with Crippen LogP contribution in [-0.2, 0) is 0 Å². The van der Waals surface area contributed by atoms with Crippen molar-refractivity contribution >= 4 is 5.69 Å². The second-order valence-electron chi connectivity index (χ2n) is 6.66. The van der Waals surface area contributed by atoms with E-state index in [0.29, 0.717) is 11.3 Å². The number of nitrogens with zero attached hydrogens (tertiary/aromatic N) is 3. The average molecular weight is 395 g/mol. The van der Waals surface area contributed by atoms with Gasteiger partial charge in [0, 0.05) is 31.4 Å². The minimum atomic E-state index is -0.934. The predicted molar refractivity (Wildman–Crippen MR) is 106 cm³/mol. The second kappa shape index (κ2) is 8.15. The second-order valence-corrected chi connectivity index (χ2v) is 6.66. The highest BCUT2D eigenvalue weighted by Crippen LogP contribution is 2.34. The number of anilines is 1. The van der Waals surface area contributed by atoms with Crippen LogP contribution in [0.25, 0.3) is 0 Å². The Morgan fingerprint density at radius 3 is 2.31 bits per heavy atom. The molecule has 0 radical (unpaired) electrons. The lowest BCUT2D eigenvalue weighted by atomic mass is 10.2. The minimum absolute atomic E-state index is 0.207. The van der Waals surface area contributed by atoms with Gasteiger partial charge >= 0.3 is 0 Å². The van der Waals surface area contributed by atoms with Crippen molar-refractivity contribution in [3.8, 4) is 29.3 Å². The first-order valence-corrected chi connectivity index (χ1v) is 8.79. The number of nitriles is 1. The third-order valence-corrected chi connectivity index (χ3v) is 4.31. The molecule has 1 aromatic heterocycles. The maximum absolute atomic E-state index is 14.6. The minimum Gasteiger partial charge on any atom is -0.436 e. The van der Waals surface area contributed by atoms with Gasteiger partial charge in [-0.25, -0.2) is 8.78 Å². The largest absolute Gasteiger partial charge is 0.436 e. The average Bonchev–Trinajstić information content (AvgIpc) is 2.71. The molecule has 1 heterocycles. The van der Waals surface area contributed by atoms with E-state index in [1.54, 1.807) is 24.3 Å². The monoisotopic (exact) mass is 395 g/mol. The summed E-state index contributed by atoms with van der Waals surface area (Å²) < 4.78 is 40.3. The molecule has 0 aliphatic rings. The van der Waals surface area contributed by atoms with Crippen LogP contribution in [0.4, 0.5) is 14.5 Å². The van der Waals surface area contributed by atoms with Gasteiger partial charge in [-0.05, 0) is 43.7 Å². The third-order valence-electron chi connectivity index (χ3n) is 4.31. The fourth-order valence-electron chi connectivity index (χ4n) is 2.56. The van der Waals surface area contributed by atoms with Crippen molar-refractivity contribution in [2.45, 2.75) is 13.8 Å². The fourth-order valence-corrected chi connectivity index (χ4v) is 2.56. The zero-order valence-corrected chi connectivity index (χ0v) is 16.5. The molecular weight excluding hydrogens is 376 g/mol. The molecule has 0 amide bonds. The number of halogens is 2. The van der Waals surface area contributed by atoms with Crippen molar-refractivity contribution in [3.05, 3.63) is 70.8 Å². The van der Waals surface area contributed by atoms with Crippen molar-refractivity contribution in [2.24, 2.45) is 0 Å². The van der Waals surface area contributed by atoms with Gasteiger partial charge in [-0.15, -0.1) is 0 Å². The highest BCUT2D eigenvalue weighted by atomic mass is 19.1. The Morgan fingerprint density at radius 1 is 0.966 bits per heavy atom. The summed E-state index contributed by atoms with van der Waals surface area (Å²) in [6, 6.07) is 13.6. The van der Waals surface area contributed by atoms with Crippen LogP contribution in [0, 0.1) is 36.8 Å². The summed E-state index contributed by atoms with van der Waals surface area (Å²) in [6.45, 7) is 3.09. The molecule has 2 aromatic carbocycles. The zero-order valence-electron chi connectivity index (χ0n) is 16.5. The number of hydrogen-bond acceptors (Lipinski definition) is 5. The van der Waals surface area contributed by atoms with Crippen LogP contribution in [0.15, 0.2) is 42.5 Å². The Hall–Kier alpha value is -3.66. The molecule has 3 aromatic rings. The van der Waals surface area contributed by atoms with Crippen molar-refractivity contribution in [1.82, 2.24) is 4.98 Å². The first-order valence-electron chi connectivity index (χ1n) is 8.79. The molecule has 0 saturated heterocycles. The summed E-state index contributed by atoms with van der Waals surface area (Å²) in [5.74, 6) is -2.07. The lowest BCUT2D eigenvalue weighted by molar-refractivity contribution is 0.372. The van der Waals surface area contributed by atoms with E-state index in [2.05, 4.69) is 4.98 Å². The summed E-state index contributed by atoms with van der Waals surface area (Å²) >= 11 is 0. The van der Waals surface area contributed by atoms with E-state index in [0.717, 1.165) is 11.3 Å². The normalized spacial score (nSPS) is 10.4. The van der Waals surface area contributed by atoms with Gasteiger partial charge in [0.2, 0.25) is 0 Å². The Kier molecular flexibility index (Phi) is 5.64. The summed E-state index contributed by atoms with van der Waals surface area (Å²) in [5.41, 5.74) is 1.69. The van der Waals surface area contributed by atoms with Crippen LogP contribution in [-0.4, -0.2) is 19.1 Å². The van der Waals surface area contributed by atoms with Gasteiger partial charge in [0.25, 0.3) is 11.8 Å². The van der Waals surface area contributed by atoms with E-state index < -0.39 is 23.4 Å². The van der Waals surface area contributed by atoms with Gasteiger partial charge < -0.3 is 14.4 Å². The smallest absolute Gasteiger partial charge is 0.259 e. The van der Waals surface area contributed by atoms with Crippen LogP contribution in [0.5, 0.6) is 23.3 Å². The molecule has 0 fully saturated rings. The van der Waals surface area contributed by atoms with Crippen LogP contribution >= 0.6 is 0 Å². The number of aromatic nitrogens is 1. The summed E-state index contributed by atoms with van der Waals surface area (Å²) in [6.07, 6.45) is 0. The van der Waals surface area contributed by atoms with Crippen molar-refractivity contribution < 1.29 is 18.3 Å². The molecule has 148 valence electrons. The predicted octanol–water partition coefficient (Wildman–Crippen LogP) is 5.50. The number of rotatable bonds is 5. The van der Waals surface area contributed by atoms with Crippen molar-refractivity contribution in [2.75, 3.05) is 19.0 Å². The fraction of sp³-hybridized carbons (Fsp3) is 0.182. The van der Waals surface area contributed by atoms with Gasteiger partial charge in [0.15, 0.2) is 11.6 Å². The molecule has 0 aliphatic heterocycles. The number of hydrogen-bond donors (Lipinski definition) is 0. The SMILES string of the molecule is Cc1ccc(N(C)C)cc1Oc1nc(Oc2cccc(C#N)c2)c(F)c(C)c1F. The van der Waals surface area contributed by atoms with Crippen molar-refractivity contribution in [3.63, 3.8) is 0 Å². The topological polar surface area (TPSA) is 58.4 Å². The molecule has 0 atom stereocenters. The van der Waals surface area contributed by atoms with E-state index in [-0.39, 0.29) is 11.3 Å². The number of ether oxygens (including phenoxy) is 2. The highest BCUT2D eigenvalue weighted by Gasteiger charge is 2.21. The maximum atomic E-state index is 14.6. The van der Waals surface area contributed by atoms with Gasteiger partial charge in [-0.2, -0.15) is 10.2 Å². The van der Waals surface area contributed by atoms with Crippen molar-refractivity contribution in [1.29, 1.82) is 5.26 Å².